The molecule has 0 bridgehead atoms. The number of hydrogen-bond acceptors (Lipinski definition) is 4. The van der Waals surface area contributed by atoms with Gasteiger partial charge in [-0.15, -0.1) is 0 Å². The maximum absolute atomic E-state index is 11.5. The zero-order chi connectivity index (χ0) is 14.6. The first-order chi connectivity index (χ1) is 9.50. The number of rotatable bonds is 5. The molecule has 0 aromatic carbocycles. The SMILES string of the molecule is CNC(=O)CC1(O)CCCN(CCn2cc(Cl)cn2)C1. The summed E-state index contributed by atoms with van der Waals surface area (Å²) in [6, 6.07) is 0. The molecular formula is C13H21ClN4O2. The van der Waals surface area contributed by atoms with E-state index in [4.69, 9.17) is 11.6 Å². The van der Waals surface area contributed by atoms with Crippen molar-refractivity contribution in [2.45, 2.75) is 31.4 Å². The molecule has 1 unspecified atom stereocenters. The Bertz CT molecular complexity index is 465. The van der Waals surface area contributed by atoms with Gasteiger partial charge in [-0.1, -0.05) is 11.6 Å². The van der Waals surface area contributed by atoms with E-state index in [1.807, 2.05) is 0 Å². The summed E-state index contributed by atoms with van der Waals surface area (Å²) in [4.78, 5) is 13.6. The van der Waals surface area contributed by atoms with E-state index >= 15 is 0 Å². The van der Waals surface area contributed by atoms with Gasteiger partial charge < -0.3 is 10.4 Å². The summed E-state index contributed by atoms with van der Waals surface area (Å²) in [7, 11) is 1.59. The van der Waals surface area contributed by atoms with E-state index in [2.05, 4.69) is 15.3 Å². The Morgan fingerprint density at radius 3 is 3.05 bits per heavy atom. The van der Waals surface area contributed by atoms with Crippen LogP contribution in [0.2, 0.25) is 5.02 Å². The summed E-state index contributed by atoms with van der Waals surface area (Å²) in [6.45, 7) is 2.97. The lowest BCUT2D eigenvalue weighted by atomic mass is 9.89. The van der Waals surface area contributed by atoms with Gasteiger partial charge in [0.1, 0.15) is 0 Å². The highest BCUT2D eigenvalue weighted by Gasteiger charge is 2.34. The Kier molecular flexibility index (Phi) is 5.01. The third-order valence-electron chi connectivity index (χ3n) is 3.65. The monoisotopic (exact) mass is 300 g/mol. The number of nitrogens with one attached hydrogen (secondary N) is 1. The van der Waals surface area contributed by atoms with E-state index in [0.717, 1.165) is 26.1 Å². The van der Waals surface area contributed by atoms with Crippen LogP contribution in [0.4, 0.5) is 0 Å². The Hall–Kier alpha value is -1.11. The van der Waals surface area contributed by atoms with Gasteiger partial charge in [-0.25, -0.2) is 0 Å². The van der Waals surface area contributed by atoms with E-state index in [1.165, 1.54) is 0 Å². The van der Waals surface area contributed by atoms with Crippen molar-refractivity contribution in [3.63, 3.8) is 0 Å². The Balaban J connectivity index is 1.85. The number of hydrogen-bond donors (Lipinski definition) is 2. The van der Waals surface area contributed by atoms with E-state index < -0.39 is 5.60 Å². The van der Waals surface area contributed by atoms with Gasteiger partial charge in [0.15, 0.2) is 0 Å². The Morgan fingerprint density at radius 1 is 1.60 bits per heavy atom. The first kappa shape index (κ1) is 15.3. The molecule has 0 spiro atoms. The number of piperidine rings is 1. The fraction of sp³-hybridized carbons (Fsp3) is 0.692. The van der Waals surface area contributed by atoms with Crippen LogP contribution in [0, 0.1) is 0 Å². The molecule has 6 nitrogen and oxygen atoms in total. The quantitative estimate of drug-likeness (QED) is 0.831. The fourth-order valence-electron chi connectivity index (χ4n) is 2.63. The van der Waals surface area contributed by atoms with Crippen LogP contribution in [0.3, 0.4) is 0 Å². The van der Waals surface area contributed by atoms with Gasteiger partial charge >= 0.3 is 0 Å². The summed E-state index contributed by atoms with van der Waals surface area (Å²) >= 11 is 5.82. The summed E-state index contributed by atoms with van der Waals surface area (Å²) in [5, 5.41) is 17.8. The lowest BCUT2D eigenvalue weighted by molar-refractivity contribution is -0.128. The second kappa shape index (κ2) is 6.56. The van der Waals surface area contributed by atoms with Gasteiger partial charge in [-0.3, -0.25) is 14.4 Å². The molecule has 0 saturated carbocycles. The van der Waals surface area contributed by atoms with Crippen LogP contribution < -0.4 is 5.32 Å². The topological polar surface area (TPSA) is 70.4 Å². The summed E-state index contributed by atoms with van der Waals surface area (Å²) in [6.07, 6.45) is 5.12. The molecule has 1 fully saturated rings. The predicted octanol–water partition coefficient (Wildman–Crippen LogP) is 0.499. The Labute approximate surface area is 123 Å². The fourth-order valence-corrected chi connectivity index (χ4v) is 2.79. The molecule has 0 aliphatic carbocycles. The minimum absolute atomic E-state index is 0.117. The number of carbonyl (C=O) groups is 1. The number of likely N-dealkylation sites (tertiary alicyclic amines) is 1. The maximum Gasteiger partial charge on any atom is 0.222 e. The molecular weight excluding hydrogens is 280 g/mol. The second-order valence-electron chi connectivity index (χ2n) is 5.38. The lowest BCUT2D eigenvalue weighted by Gasteiger charge is -2.38. The van der Waals surface area contributed by atoms with Gasteiger partial charge in [0.05, 0.1) is 29.8 Å². The van der Waals surface area contributed by atoms with Crippen molar-refractivity contribution in [1.29, 1.82) is 0 Å². The number of amides is 1. The maximum atomic E-state index is 11.5. The van der Waals surface area contributed by atoms with Crippen LogP contribution in [0.15, 0.2) is 12.4 Å². The third kappa shape index (κ3) is 4.19. The zero-order valence-electron chi connectivity index (χ0n) is 11.7. The van der Waals surface area contributed by atoms with E-state index in [9.17, 15) is 9.90 Å². The van der Waals surface area contributed by atoms with Crippen LogP contribution in [0.25, 0.3) is 0 Å². The number of aromatic nitrogens is 2. The minimum atomic E-state index is -0.917. The molecule has 7 heteroatoms. The lowest BCUT2D eigenvalue weighted by Crippen LogP contribution is -2.50. The molecule has 1 atom stereocenters. The molecule has 1 aromatic rings. The van der Waals surface area contributed by atoms with Crippen LogP contribution >= 0.6 is 11.6 Å². The largest absolute Gasteiger partial charge is 0.388 e. The number of halogens is 1. The average Bonchev–Trinajstić information content (AvgIpc) is 2.82. The van der Waals surface area contributed by atoms with Gasteiger partial charge in [0, 0.05) is 26.3 Å². The number of aliphatic hydroxyl groups is 1. The highest BCUT2D eigenvalue weighted by atomic mass is 35.5. The van der Waals surface area contributed by atoms with Gasteiger partial charge in [-0.05, 0) is 19.4 Å². The van der Waals surface area contributed by atoms with Gasteiger partial charge in [0.25, 0.3) is 0 Å². The van der Waals surface area contributed by atoms with Crippen molar-refractivity contribution >= 4 is 17.5 Å². The highest BCUT2D eigenvalue weighted by molar-refractivity contribution is 6.30. The first-order valence-corrected chi connectivity index (χ1v) is 7.22. The molecule has 20 heavy (non-hydrogen) atoms. The molecule has 112 valence electrons. The van der Waals surface area contributed by atoms with Crippen molar-refractivity contribution in [2.24, 2.45) is 0 Å². The standard InChI is InChI=1S/C13H21ClN4O2/c1-15-12(19)7-13(20)3-2-4-17(10-13)5-6-18-9-11(14)8-16-18/h8-9,20H,2-7,10H2,1H3,(H,15,19). The van der Waals surface area contributed by atoms with E-state index in [0.29, 0.717) is 18.0 Å². The number of nitrogens with zero attached hydrogens (tertiary/aromatic N) is 3. The minimum Gasteiger partial charge on any atom is -0.388 e. The van der Waals surface area contributed by atoms with Crippen molar-refractivity contribution in [1.82, 2.24) is 20.0 Å². The molecule has 0 radical (unpaired) electrons. The number of β-amino-alcohol motifs (C(OH)–C–C–N with tert-alkyl or cyclic N) is 1. The molecule has 1 saturated heterocycles. The normalized spacial score (nSPS) is 23.8. The van der Waals surface area contributed by atoms with Crippen molar-refractivity contribution in [3.05, 3.63) is 17.4 Å². The molecule has 1 aliphatic rings. The zero-order valence-corrected chi connectivity index (χ0v) is 12.4. The highest BCUT2D eigenvalue weighted by Crippen LogP contribution is 2.24. The molecule has 2 rings (SSSR count). The summed E-state index contributed by atoms with van der Waals surface area (Å²) < 4.78 is 1.79. The van der Waals surface area contributed by atoms with Crippen LogP contribution in [-0.2, 0) is 11.3 Å². The predicted molar refractivity (Wildman–Crippen MR) is 76.5 cm³/mol. The number of carbonyl (C=O) groups excluding carboxylic acids is 1. The van der Waals surface area contributed by atoms with Crippen LogP contribution in [-0.4, -0.2) is 58.0 Å². The molecule has 2 heterocycles. The van der Waals surface area contributed by atoms with E-state index in [1.54, 1.807) is 24.1 Å². The van der Waals surface area contributed by atoms with Crippen molar-refractivity contribution in [3.8, 4) is 0 Å². The molecule has 1 amide bonds. The van der Waals surface area contributed by atoms with Gasteiger partial charge in [0.2, 0.25) is 5.91 Å². The van der Waals surface area contributed by atoms with Crippen LogP contribution in [0.1, 0.15) is 19.3 Å². The summed E-state index contributed by atoms with van der Waals surface area (Å²) in [5.74, 6) is -0.117. The van der Waals surface area contributed by atoms with Gasteiger partial charge in [-0.2, -0.15) is 5.10 Å². The van der Waals surface area contributed by atoms with Crippen LogP contribution in [0.5, 0.6) is 0 Å². The van der Waals surface area contributed by atoms with E-state index in [-0.39, 0.29) is 12.3 Å². The molecule has 1 aromatic heterocycles. The summed E-state index contributed by atoms with van der Waals surface area (Å²) in [5.41, 5.74) is -0.917. The Morgan fingerprint density at radius 2 is 2.40 bits per heavy atom. The first-order valence-electron chi connectivity index (χ1n) is 6.84. The molecule has 2 N–H and O–H groups in total. The van der Waals surface area contributed by atoms with Crippen molar-refractivity contribution < 1.29 is 9.90 Å². The third-order valence-corrected chi connectivity index (χ3v) is 3.85. The van der Waals surface area contributed by atoms with Crippen molar-refractivity contribution in [2.75, 3.05) is 26.7 Å². The second-order valence-corrected chi connectivity index (χ2v) is 5.81. The molecule has 1 aliphatic heterocycles. The average molecular weight is 301 g/mol. The smallest absolute Gasteiger partial charge is 0.222 e.